The van der Waals surface area contributed by atoms with Crippen LogP contribution in [0.25, 0.3) is 0 Å². The highest BCUT2D eigenvalue weighted by Gasteiger charge is 2.27. The molecule has 0 unspecified atom stereocenters. The van der Waals surface area contributed by atoms with Gasteiger partial charge in [-0.05, 0) is 18.2 Å². The number of nitrogens with zero attached hydrogens (tertiary/aromatic N) is 4. The molecule has 0 aliphatic carbocycles. The molecule has 4 amide bonds. The van der Waals surface area contributed by atoms with Crippen LogP contribution in [0.5, 0.6) is 0 Å². The molecular weight excluding hydrogens is 339 g/mol. The van der Waals surface area contributed by atoms with E-state index in [1.54, 1.807) is 25.1 Å². The maximum Gasteiger partial charge on any atom is 0.328 e. The van der Waals surface area contributed by atoms with Crippen LogP contribution in [0.3, 0.4) is 0 Å². The van der Waals surface area contributed by atoms with E-state index in [0.29, 0.717) is 36.2 Å². The molecule has 0 atom stereocenters. The first kappa shape index (κ1) is 17.7. The predicted molar refractivity (Wildman–Crippen MR) is 92.5 cm³/mol. The lowest BCUT2D eigenvalue weighted by Gasteiger charge is -2.37. The third-order valence-electron chi connectivity index (χ3n) is 3.72. The Morgan fingerprint density at radius 3 is 1.96 bits per heavy atom. The van der Waals surface area contributed by atoms with Crippen molar-refractivity contribution in [1.82, 2.24) is 14.7 Å². The number of amides is 4. The summed E-state index contributed by atoms with van der Waals surface area (Å²) in [6.45, 7) is 2.39. The highest BCUT2D eigenvalue weighted by atomic mass is 35.5. The van der Waals surface area contributed by atoms with Crippen LogP contribution >= 0.6 is 23.2 Å². The van der Waals surface area contributed by atoms with E-state index in [1.165, 1.54) is 11.9 Å². The van der Waals surface area contributed by atoms with Crippen LogP contribution in [0, 0.1) is 0 Å². The second kappa shape index (κ2) is 7.27. The molecule has 1 aliphatic heterocycles. The molecule has 1 aliphatic rings. The number of carbonyl (C=O) groups is 2. The fourth-order valence-electron chi connectivity index (χ4n) is 2.47. The van der Waals surface area contributed by atoms with Gasteiger partial charge < -0.3 is 14.7 Å². The molecule has 1 aromatic carbocycles. The largest absolute Gasteiger partial charge is 0.368 e. The fourth-order valence-corrected chi connectivity index (χ4v) is 2.99. The van der Waals surface area contributed by atoms with Crippen LogP contribution in [0.4, 0.5) is 15.3 Å². The van der Waals surface area contributed by atoms with E-state index >= 15 is 0 Å². The average molecular weight is 359 g/mol. The molecule has 1 fully saturated rings. The van der Waals surface area contributed by atoms with Gasteiger partial charge in [-0.25, -0.2) is 14.5 Å². The first-order valence-electron chi connectivity index (χ1n) is 7.24. The summed E-state index contributed by atoms with van der Waals surface area (Å²) in [5.74, 6) is 0. The molecule has 1 saturated heterocycles. The Morgan fingerprint density at radius 1 is 0.957 bits per heavy atom. The summed E-state index contributed by atoms with van der Waals surface area (Å²) < 4.78 is 0. The molecule has 0 radical (unpaired) electrons. The molecule has 6 nitrogen and oxygen atoms in total. The second-order valence-electron chi connectivity index (χ2n) is 5.62. The van der Waals surface area contributed by atoms with Crippen LogP contribution in [0.15, 0.2) is 18.2 Å². The minimum absolute atomic E-state index is 0.285. The summed E-state index contributed by atoms with van der Waals surface area (Å²) in [7, 11) is 4.73. The summed E-state index contributed by atoms with van der Waals surface area (Å²) in [4.78, 5) is 30.5. The zero-order valence-electron chi connectivity index (χ0n) is 13.4. The standard InChI is InChI=1S/C15H20Cl2N4O2/c1-18(2)14(22)19(3)15(23)21-6-4-20(5-7-21)13-9-11(16)8-12(17)10-13/h8-10H,4-7H2,1-3H3. The van der Waals surface area contributed by atoms with Crippen LogP contribution in [0.1, 0.15) is 0 Å². The molecule has 2 rings (SSSR count). The number of hydrogen-bond donors (Lipinski definition) is 0. The average Bonchev–Trinajstić information content (AvgIpc) is 2.52. The zero-order valence-corrected chi connectivity index (χ0v) is 14.9. The molecular formula is C15H20Cl2N4O2. The van der Waals surface area contributed by atoms with Gasteiger partial charge >= 0.3 is 12.1 Å². The zero-order chi connectivity index (χ0) is 17.1. The second-order valence-corrected chi connectivity index (χ2v) is 6.49. The lowest BCUT2D eigenvalue weighted by molar-refractivity contribution is 0.149. The van der Waals surface area contributed by atoms with Crippen molar-refractivity contribution in [3.8, 4) is 0 Å². The maximum absolute atomic E-state index is 12.3. The van der Waals surface area contributed by atoms with Crippen molar-refractivity contribution >= 4 is 41.0 Å². The van der Waals surface area contributed by atoms with E-state index in [9.17, 15) is 9.59 Å². The molecule has 0 N–H and O–H groups in total. The predicted octanol–water partition coefficient (Wildman–Crippen LogP) is 2.85. The van der Waals surface area contributed by atoms with Crippen LogP contribution < -0.4 is 4.90 Å². The van der Waals surface area contributed by atoms with Crippen LogP contribution in [0.2, 0.25) is 10.0 Å². The van der Waals surface area contributed by atoms with Crippen molar-refractivity contribution in [2.75, 3.05) is 52.2 Å². The molecule has 126 valence electrons. The van der Waals surface area contributed by atoms with Crippen molar-refractivity contribution in [2.45, 2.75) is 0 Å². The van der Waals surface area contributed by atoms with E-state index < -0.39 is 0 Å². The third kappa shape index (κ3) is 4.20. The van der Waals surface area contributed by atoms with Gasteiger partial charge in [0.05, 0.1) is 0 Å². The minimum Gasteiger partial charge on any atom is -0.368 e. The lowest BCUT2D eigenvalue weighted by Crippen LogP contribution is -2.54. The maximum atomic E-state index is 12.3. The van der Waals surface area contributed by atoms with Crippen molar-refractivity contribution in [1.29, 1.82) is 0 Å². The smallest absolute Gasteiger partial charge is 0.328 e. The highest BCUT2D eigenvalue weighted by Crippen LogP contribution is 2.26. The number of benzene rings is 1. The Labute approximate surface area is 146 Å². The van der Waals surface area contributed by atoms with E-state index in [4.69, 9.17) is 23.2 Å². The number of rotatable bonds is 1. The number of anilines is 1. The van der Waals surface area contributed by atoms with E-state index in [0.717, 1.165) is 10.6 Å². The summed E-state index contributed by atoms with van der Waals surface area (Å²) >= 11 is 12.1. The van der Waals surface area contributed by atoms with Gasteiger partial charge in [0.1, 0.15) is 0 Å². The molecule has 1 heterocycles. The van der Waals surface area contributed by atoms with E-state index in [1.807, 2.05) is 12.1 Å². The first-order valence-corrected chi connectivity index (χ1v) is 8.00. The van der Waals surface area contributed by atoms with Gasteiger partial charge in [-0.15, -0.1) is 0 Å². The molecule has 0 spiro atoms. The van der Waals surface area contributed by atoms with Gasteiger partial charge in [0.25, 0.3) is 0 Å². The Balaban J connectivity index is 1.98. The number of hydrogen-bond acceptors (Lipinski definition) is 3. The summed E-state index contributed by atoms with van der Waals surface area (Å²) in [6.07, 6.45) is 0. The number of imide groups is 1. The van der Waals surface area contributed by atoms with Crippen LogP contribution in [-0.2, 0) is 0 Å². The fraction of sp³-hybridized carbons (Fsp3) is 0.467. The van der Waals surface area contributed by atoms with Gasteiger partial charge in [-0.1, -0.05) is 23.2 Å². The van der Waals surface area contributed by atoms with E-state index in [-0.39, 0.29) is 12.1 Å². The Bertz CT molecular complexity index is 581. The SMILES string of the molecule is CN(C)C(=O)N(C)C(=O)N1CCN(c2cc(Cl)cc(Cl)c2)CC1. The number of halogens is 2. The summed E-state index contributed by atoms with van der Waals surface area (Å²) in [5, 5.41) is 1.17. The molecule has 0 bridgehead atoms. The topological polar surface area (TPSA) is 47.1 Å². The lowest BCUT2D eigenvalue weighted by atomic mass is 10.2. The Kier molecular flexibility index (Phi) is 5.59. The molecule has 0 saturated carbocycles. The monoisotopic (exact) mass is 358 g/mol. The van der Waals surface area contributed by atoms with Crippen molar-refractivity contribution < 1.29 is 9.59 Å². The Hall–Kier alpha value is -1.66. The third-order valence-corrected chi connectivity index (χ3v) is 4.16. The van der Waals surface area contributed by atoms with Gasteiger partial charge in [-0.2, -0.15) is 0 Å². The molecule has 23 heavy (non-hydrogen) atoms. The number of piperazine rings is 1. The minimum atomic E-state index is -0.334. The van der Waals surface area contributed by atoms with Crippen LogP contribution in [-0.4, -0.2) is 74.1 Å². The summed E-state index contributed by atoms with van der Waals surface area (Å²) in [5.41, 5.74) is 0.937. The van der Waals surface area contributed by atoms with Gasteiger partial charge in [-0.3, -0.25) is 0 Å². The van der Waals surface area contributed by atoms with Gasteiger partial charge in [0.2, 0.25) is 0 Å². The normalized spacial score (nSPS) is 14.7. The molecule has 8 heteroatoms. The van der Waals surface area contributed by atoms with Crippen molar-refractivity contribution in [2.24, 2.45) is 0 Å². The molecule has 1 aromatic rings. The Morgan fingerprint density at radius 2 is 1.48 bits per heavy atom. The van der Waals surface area contributed by atoms with Crippen molar-refractivity contribution in [3.63, 3.8) is 0 Å². The molecule has 0 aromatic heterocycles. The van der Waals surface area contributed by atoms with Crippen molar-refractivity contribution in [3.05, 3.63) is 28.2 Å². The number of urea groups is 2. The highest BCUT2D eigenvalue weighted by molar-refractivity contribution is 6.35. The van der Waals surface area contributed by atoms with Gasteiger partial charge in [0.15, 0.2) is 0 Å². The quantitative estimate of drug-likeness (QED) is 0.775. The van der Waals surface area contributed by atoms with Gasteiger partial charge in [0, 0.05) is 63.1 Å². The summed E-state index contributed by atoms with van der Waals surface area (Å²) in [6, 6.07) is 4.78. The van der Waals surface area contributed by atoms with E-state index in [2.05, 4.69) is 4.90 Å². The first-order chi connectivity index (χ1) is 10.8. The number of carbonyl (C=O) groups excluding carboxylic acids is 2.